The molecule has 1 unspecified atom stereocenters. The van der Waals surface area contributed by atoms with Gasteiger partial charge in [0, 0.05) is 6.07 Å². The summed E-state index contributed by atoms with van der Waals surface area (Å²) >= 11 is 5.75. The van der Waals surface area contributed by atoms with Crippen LogP contribution in [0.5, 0.6) is 0 Å². The van der Waals surface area contributed by atoms with E-state index in [0.29, 0.717) is 0 Å². The van der Waals surface area contributed by atoms with Crippen LogP contribution in [-0.2, 0) is 0 Å². The van der Waals surface area contributed by atoms with Crippen LogP contribution >= 0.6 is 11.6 Å². The highest BCUT2D eigenvalue weighted by Crippen LogP contribution is 2.27. The Morgan fingerprint density at radius 1 is 1.30 bits per heavy atom. The molecule has 104 valence electrons. The van der Waals surface area contributed by atoms with Crippen molar-refractivity contribution in [2.24, 2.45) is 0 Å². The Morgan fingerprint density at radius 3 is 2.55 bits per heavy atom. The summed E-state index contributed by atoms with van der Waals surface area (Å²) < 4.78 is 12.9. The van der Waals surface area contributed by atoms with Gasteiger partial charge in [0.1, 0.15) is 11.0 Å². The lowest BCUT2D eigenvalue weighted by molar-refractivity contribution is -0.384. The minimum absolute atomic E-state index is 0.0827. The minimum Gasteiger partial charge on any atom is -0.358 e. The predicted molar refractivity (Wildman–Crippen MR) is 74.3 cm³/mol. The zero-order chi connectivity index (χ0) is 14.7. The Labute approximate surface area is 119 Å². The second kappa shape index (κ2) is 5.83. The molecule has 1 N–H and O–H groups in total. The van der Waals surface area contributed by atoms with Crippen LogP contribution in [0.25, 0.3) is 0 Å². The Morgan fingerprint density at radius 2 is 1.95 bits per heavy atom. The Hall–Kier alpha value is -2.21. The molecular weight excluding hydrogens is 285 g/mol. The molecule has 2 rings (SSSR count). The summed E-state index contributed by atoms with van der Waals surface area (Å²) in [4.78, 5) is 14.3. The van der Waals surface area contributed by atoms with Crippen LogP contribution in [0, 0.1) is 15.9 Å². The maximum atomic E-state index is 12.9. The highest BCUT2D eigenvalue weighted by atomic mass is 35.5. The molecule has 0 aliphatic carbocycles. The number of benzene rings is 1. The van der Waals surface area contributed by atoms with Gasteiger partial charge in [-0.3, -0.25) is 10.1 Å². The number of hydrogen-bond acceptors (Lipinski definition) is 4. The molecule has 0 amide bonds. The van der Waals surface area contributed by atoms with Crippen LogP contribution < -0.4 is 5.32 Å². The van der Waals surface area contributed by atoms with Gasteiger partial charge >= 0.3 is 5.69 Å². The number of rotatable bonds is 4. The summed E-state index contributed by atoms with van der Waals surface area (Å²) in [5.74, 6) is -0.257. The van der Waals surface area contributed by atoms with Crippen molar-refractivity contribution < 1.29 is 9.31 Å². The fourth-order valence-electron chi connectivity index (χ4n) is 1.72. The lowest BCUT2D eigenvalue weighted by Gasteiger charge is -2.15. The first-order valence-corrected chi connectivity index (χ1v) is 6.18. The molecule has 0 bridgehead atoms. The number of aromatic nitrogens is 1. The minimum atomic E-state index is -0.539. The van der Waals surface area contributed by atoms with Crippen molar-refractivity contribution in [2.45, 2.75) is 13.0 Å². The van der Waals surface area contributed by atoms with E-state index in [0.717, 1.165) is 5.56 Å². The summed E-state index contributed by atoms with van der Waals surface area (Å²) in [6.07, 6.45) is 0. The van der Waals surface area contributed by atoms with E-state index < -0.39 is 4.92 Å². The van der Waals surface area contributed by atoms with Gasteiger partial charge in [0.05, 0.1) is 11.0 Å². The Kier molecular flexibility index (Phi) is 4.14. The molecule has 20 heavy (non-hydrogen) atoms. The number of nitro groups is 1. The van der Waals surface area contributed by atoms with Gasteiger partial charge < -0.3 is 5.32 Å². The summed E-state index contributed by atoms with van der Waals surface area (Å²) in [5.41, 5.74) is 0.617. The predicted octanol–water partition coefficient (Wildman–Crippen LogP) is 3.96. The van der Waals surface area contributed by atoms with E-state index in [-0.39, 0.29) is 28.5 Å². The SMILES string of the molecule is CC(Nc1nc(Cl)ccc1[N+](=O)[O-])c1ccc(F)cc1. The maximum Gasteiger partial charge on any atom is 0.311 e. The highest BCUT2D eigenvalue weighted by Gasteiger charge is 2.18. The molecule has 1 atom stereocenters. The Balaban J connectivity index is 2.27. The lowest BCUT2D eigenvalue weighted by atomic mass is 10.1. The topological polar surface area (TPSA) is 68.1 Å². The Bertz CT molecular complexity index is 634. The molecule has 1 aromatic carbocycles. The van der Waals surface area contributed by atoms with Crippen molar-refractivity contribution in [3.8, 4) is 0 Å². The van der Waals surface area contributed by atoms with Crippen molar-refractivity contribution in [1.29, 1.82) is 0 Å². The third kappa shape index (κ3) is 3.21. The van der Waals surface area contributed by atoms with E-state index in [1.165, 1.54) is 24.3 Å². The van der Waals surface area contributed by atoms with Gasteiger partial charge in [0.2, 0.25) is 5.82 Å². The van der Waals surface area contributed by atoms with Crippen LogP contribution in [0.15, 0.2) is 36.4 Å². The number of anilines is 1. The highest BCUT2D eigenvalue weighted by molar-refractivity contribution is 6.29. The first-order valence-electron chi connectivity index (χ1n) is 5.80. The van der Waals surface area contributed by atoms with Crippen LogP contribution in [-0.4, -0.2) is 9.91 Å². The van der Waals surface area contributed by atoms with Crippen molar-refractivity contribution in [3.63, 3.8) is 0 Å². The summed E-state index contributed by atoms with van der Waals surface area (Å²) in [5, 5.41) is 14.0. The molecule has 0 spiro atoms. The van der Waals surface area contributed by atoms with E-state index in [2.05, 4.69) is 10.3 Å². The average molecular weight is 296 g/mol. The molecule has 1 heterocycles. The third-order valence-electron chi connectivity index (χ3n) is 2.76. The van der Waals surface area contributed by atoms with E-state index in [1.54, 1.807) is 19.1 Å². The molecule has 5 nitrogen and oxygen atoms in total. The summed E-state index contributed by atoms with van der Waals surface area (Å²) in [6, 6.07) is 8.22. The fraction of sp³-hybridized carbons (Fsp3) is 0.154. The zero-order valence-corrected chi connectivity index (χ0v) is 11.3. The molecule has 0 saturated heterocycles. The number of nitrogens with one attached hydrogen (secondary N) is 1. The van der Waals surface area contributed by atoms with Crippen LogP contribution in [0.1, 0.15) is 18.5 Å². The second-order valence-corrected chi connectivity index (χ2v) is 4.56. The van der Waals surface area contributed by atoms with Gasteiger partial charge in [0.15, 0.2) is 0 Å². The smallest absolute Gasteiger partial charge is 0.311 e. The quantitative estimate of drug-likeness (QED) is 0.527. The summed E-state index contributed by atoms with van der Waals surface area (Å²) in [7, 11) is 0. The number of hydrogen-bond donors (Lipinski definition) is 1. The third-order valence-corrected chi connectivity index (χ3v) is 2.97. The maximum absolute atomic E-state index is 12.9. The fourth-order valence-corrected chi connectivity index (χ4v) is 1.87. The zero-order valence-electron chi connectivity index (χ0n) is 10.5. The van der Waals surface area contributed by atoms with Crippen molar-refractivity contribution in [2.75, 3.05) is 5.32 Å². The van der Waals surface area contributed by atoms with Crippen LogP contribution in [0.2, 0.25) is 5.15 Å². The normalized spacial score (nSPS) is 11.9. The molecule has 0 radical (unpaired) electrons. The molecular formula is C13H11ClFN3O2. The van der Waals surface area contributed by atoms with Gasteiger partial charge in [0.25, 0.3) is 0 Å². The van der Waals surface area contributed by atoms with Crippen LogP contribution in [0.3, 0.4) is 0 Å². The molecule has 0 aliphatic heterocycles. The number of halogens is 2. The van der Waals surface area contributed by atoms with E-state index in [1.807, 2.05) is 0 Å². The molecule has 0 fully saturated rings. The van der Waals surface area contributed by atoms with E-state index >= 15 is 0 Å². The van der Waals surface area contributed by atoms with Gasteiger partial charge in [-0.2, -0.15) is 0 Å². The summed E-state index contributed by atoms with van der Waals surface area (Å²) in [6.45, 7) is 1.79. The molecule has 2 aromatic rings. The second-order valence-electron chi connectivity index (χ2n) is 4.18. The molecule has 1 aromatic heterocycles. The van der Waals surface area contributed by atoms with Crippen molar-refractivity contribution in [3.05, 3.63) is 63.0 Å². The van der Waals surface area contributed by atoms with Gasteiger partial charge in [-0.1, -0.05) is 23.7 Å². The first kappa shape index (κ1) is 14.2. The number of pyridine rings is 1. The number of nitrogens with zero attached hydrogens (tertiary/aromatic N) is 2. The standard InChI is InChI=1S/C13H11ClFN3O2/c1-8(9-2-4-10(15)5-3-9)16-13-11(18(19)20)6-7-12(14)17-13/h2-8H,1H3,(H,16,17). The van der Waals surface area contributed by atoms with Gasteiger partial charge in [-0.05, 0) is 30.7 Å². The van der Waals surface area contributed by atoms with Gasteiger partial charge in [-0.15, -0.1) is 0 Å². The lowest BCUT2D eigenvalue weighted by Crippen LogP contribution is -2.10. The molecule has 0 aliphatic rings. The molecule has 0 saturated carbocycles. The monoisotopic (exact) mass is 295 g/mol. The van der Waals surface area contributed by atoms with Gasteiger partial charge in [-0.25, -0.2) is 9.37 Å². The van der Waals surface area contributed by atoms with Crippen molar-refractivity contribution in [1.82, 2.24) is 4.98 Å². The average Bonchev–Trinajstić information content (AvgIpc) is 2.39. The van der Waals surface area contributed by atoms with Crippen LogP contribution in [0.4, 0.5) is 15.9 Å². The van der Waals surface area contributed by atoms with Crippen molar-refractivity contribution >= 4 is 23.1 Å². The van der Waals surface area contributed by atoms with E-state index in [9.17, 15) is 14.5 Å². The van der Waals surface area contributed by atoms with E-state index in [4.69, 9.17) is 11.6 Å². The first-order chi connectivity index (χ1) is 9.47. The molecule has 7 heteroatoms. The largest absolute Gasteiger partial charge is 0.358 e.